The van der Waals surface area contributed by atoms with E-state index in [4.69, 9.17) is 9.47 Å². The van der Waals surface area contributed by atoms with Crippen LogP contribution in [0.3, 0.4) is 0 Å². The molecule has 0 saturated carbocycles. The Morgan fingerprint density at radius 3 is 2.46 bits per heavy atom. The van der Waals surface area contributed by atoms with Crippen molar-refractivity contribution in [3.63, 3.8) is 0 Å². The second-order valence-corrected chi connectivity index (χ2v) is 7.44. The lowest BCUT2D eigenvalue weighted by atomic mass is 10.0. The Balaban J connectivity index is 1.99. The van der Waals surface area contributed by atoms with Crippen LogP contribution in [0.15, 0.2) is 42.7 Å². The number of hydrogen-bond donors (Lipinski definition) is 1. The van der Waals surface area contributed by atoms with Crippen LogP contribution in [0, 0.1) is 5.92 Å². The van der Waals surface area contributed by atoms with Gasteiger partial charge in [0, 0.05) is 24.0 Å². The van der Waals surface area contributed by atoms with E-state index in [0.717, 1.165) is 18.4 Å². The Labute approximate surface area is 168 Å². The third-order valence-electron chi connectivity index (χ3n) is 4.45. The van der Waals surface area contributed by atoms with Gasteiger partial charge in [-0.15, -0.1) is 0 Å². The van der Waals surface area contributed by atoms with Crippen LogP contribution in [-0.2, 0) is 6.61 Å². The van der Waals surface area contributed by atoms with Gasteiger partial charge < -0.3 is 14.8 Å². The minimum atomic E-state index is -0.0846. The number of pyridine rings is 1. The number of aromatic nitrogens is 1. The molecule has 1 N–H and O–H groups in total. The molecule has 1 aromatic carbocycles. The molecule has 1 amide bonds. The predicted molar refractivity (Wildman–Crippen MR) is 112 cm³/mol. The van der Waals surface area contributed by atoms with Crippen LogP contribution >= 0.6 is 0 Å². The van der Waals surface area contributed by atoms with Crippen molar-refractivity contribution >= 4 is 5.91 Å². The van der Waals surface area contributed by atoms with Crippen molar-refractivity contribution in [2.24, 2.45) is 5.92 Å². The molecule has 1 heterocycles. The molecule has 5 nitrogen and oxygen atoms in total. The molecular formula is C23H32N2O3. The molecular weight excluding hydrogens is 352 g/mol. The monoisotopic (exact) mass is 384 g/mol. The third-order valence-corrected chi connectivity index (χ3v) is 4.45. The molecule has 0 aliphatic carbocycles. The molecule has 1 atom stereocenters. The normalized spacial score (nSPS) is 11.9. The molecule has 2 rings (SSSR count). The van der Waals surface area contributed by atoms with Crippen molar-refractivity contribution in [3.8, 4) is 11.5 Å². The molecule has 0 radical (unpaired) electrons. The maximum absolute atomic E-state index is 12.6. The quantitative estimate of drug-likeness (QED) is 0.592. The summed E-state index contributed by atoms with van der Waals surface area (Å²) in [4.78, 5) is 16.6. The molecule has 28 heavy (non-hydrogen) atoms. The van der Waals surface area contributed by atoms with E-state index in [2.05, 4.69) is 24.1 Å². The fraction of sp³-hybridized carbons (Fsp3) is 0.478. The highest BCUT2D eigenvalue weighted by molar-refractivity contribution is 5.95. The highest BCUT2D eigenvalue weighted by Gasteiger charge is 2.14. The molecule has 5 heteroatoms. The molecule has 0 aliphatic heterocycles. The molecule has 2 aromatic rings. The first-order chi connectivity index (χ1) is 13.5. The van der Waals surface area contributed by atoms with Crippen molar-refractivity contribution in [1.82, 2.24) is 10.3 Å². The van der Waals surface area contributed by atoms with Crippen molar-refractivity contribution in [3.05, 3.63) is 53.9 Å². The van der Waals surface area contributed by atoms with Gasteiger partial charge in [0.2, 0.25) is 0 Å². The first-order valence-corrected chi connectivity index (χ1v) is 10.1. The summed E-state index contributed by atoms with van der Waals surface area (Å²) < 4.78 is 11.6. The van der Waals surface area contributed by atoms with Gasteiger partial charge in [-0.1, -0.05) is 26.7 Å². The van der Waals surface area contributed by atoms with E-state index in [1.54, 1.807) is 30.6 Å². The van der Waals surface area contributed by atoms with E-state index < -0.39 is 0 Å². The highest BCUT2D eigenvalue weighted by atomic mass is 16.5. The number of benzene rings is 1. The largest absolute Gasteiger partial charge is 0.490 e. The van der Waals surface area contributed by atoms with Crippen molar-refractivity contribution in [2.45, 2.75) is 59.6 Å². The van der Waals surface area contributed by atoms with Gasteiger partial charge in [0.1, 0.15) is 6.61 Å². The molecule has 0 fully saturated rings. The maximum Gasteiger partial charge on any atom is 0.251 e. The number of carbonyl (C=O) groups excluding carboxylic acids is 1. The van der Waals surface area contributed by atoms with Crippen LogP contribution in [0.4, 0.5) is 0 Å². The number of ether oxygens (including phenoxy) is 2. The zero-order chi connectivity index (χ0) is 20.4. The highest BCUT2D eigenvalue weighted by Crippen LogP contribution is 2.29. The average Bonchev–Trinajstić information content (AvgIpc) is 2.67. The Bertz CT molecular complexity index is 732. The van der Waals surface area contributed by atoms with E-state index in [0.29, 0.717) is 36.2 Å². The van der Waals surface area contributed by atoms with Gasteiger partial charge in [0.05, 0.1) is 6.61 Å². The third kappa shape index (κ3) is 7.22. The Hall–Kier alpha value is -2.56. The molecule has 1 unspecified atom stereocenters. The lowest BCUT2D eigenvalue weighted by molar-refractivity contribution is 0.0937. The lowest BCUT2D eigenvalue weighted by Crippen LogP contribution is -2.32. The van der Waals surface area contributed by atoms with Crippen molar-refractivity contribution in [2.75, 3.05) is 6.61 Å². The van der Waals surface area contributed by atoms with Crippen LogP contribution in [0.2, 0.25) is 0 Å². The van der Waals surface area contributed by atoms with Gasteiger partial charge in [0.25, 0.3) is 5.91 Å². The fourth-order valence-corrected chi connectivity index (χ4v) is 2.89. The van der Waals surface area contributed by atoms with E-state index in [-0.39, 0.29) is 11.9 Å². The zero-order valence-electron chi connectivity index (χ0n) is 17.4. The molecule has 152 valence electrons. The Morgan fingerprint density at radius 1 is 1.04 bits per heavy atom. The fourth-order valence-electron chi connectivity index (χ4n) is 2.89. The second-order valence-electron chi connectivity index (χ2n) is 7.44. The summed E-state index contributed by atoms with van der Waals surface area (Å²) in [6.07, 6.45) is 6.74. The Morgan fingerprint density at radius 2 is 1.79 bits per heavy atom. The van der Waals surface area contributed by atoms with Gasteiger partial charge in [-0.25, -0.2) is 0 Å². The Kier molecular flexibility index (Phi) is 8.79. The van der Waals surface area contributed by atoms with Gasteiger partial charge in [0.15, 0.2) is 11.5 Å². The maximum atomic E-state index is 12.6. The van der Waals surface area contributed by atoms with E-state index in [1.807, 2.05) is 26.0 Å². The van der Waals surface area contributed by atoms with E-state index >= 15 is 0 Å². The van der Waals surface area contributed by atoms with Gasteiger partial charge >= 0.3 is 0 Å². The smallest absolute Gasteiger partial charge is 0.251 e. The van der Waals surface area contributed by atoms with E-state index in [9.17, 15) is 4.79 Å². The summed E-state index contributed by atoms with van der Waals surface area (Å²) in [7, 11) is 0. The minimum Gasteiger partial charge on any atom is -0.490 e. The SMILES string of the molecule is CCOc1cc(C(=O)NC(C)CCCC(C)C)ccc1OCc1ccncc1. The summed E-state index contributed by atoms with van der Waals surface area (Å²) >= 11 is 0. The minimum absolute atomic E-state index is 0.0846. The van der Waals surface area contributed by atoms with Crippen LogP contribution < -0.4 is 14.8 Å². The topological polar surface area (TPSA) is 60.5 Å². The van der Waals surface area contributed by atoms with Crippen molar-refractivity contribution in [1.29, 1.82) is 0 Å². The summed E-state index contributed by atoms with van der Waals surface area (Å²) in [5, 5.41) is 3.07. The molecule has 0 aliphatic rings. The molecule has 0 bridgehead atoms. The van der Waals surface area contributed by atoms with Gasteiger partial charge in [-0.05, 0) is 62.1 Å². The van der Waals surface area contributed by atoms with E-state index in [1.165, 1.54) is 6.42 Å². The van der Waals surface area contributed by atoms with Gasteiger partial charge in [-0.2, -0.15) is 0 Å². The van der Waals surface area contributed by atoms with Gasteiger partial charge in [-0.3, -0.25) is 9.78 Å². The second kappa shape index (κ2) is 11.3. The lowest BCUT2D eigenvalue weighted by Gasteiger charge is -2.16. The number of nitrogens with zero attached hydrogens (tertiary/aromatic N) is 1. The number of carbonyl (C=O) groups is 1. The van der Waals surface area contributed by atoms with Crippen LogP contribution in [0.1, 0.15) is 62.9 Å². The predicted octanol–water partition coefficient (Wildman–Crippen LogP) is 5.00. The molecule has 0 spiro atoms. The summed E-state index contributed by atoms with van der Waals surface area (Å²) in [6, 6.07) is 9.28. The van der Waals surface area contributed by atoms with Crippen LogP contribution in [0.5, 0.6) is 11.5 Å². The first-order valence-electron chi connectivity index (χ1n) is 10.1. The van der Waals surface area contributed by atoms with Crippen LogP contribution in [0.25, 0.3) is 0 Å². The summed E-state index contributed by atoms with van der Waals surface area (Å²) in [5.74, 6) is 1.81. The average molecular weight is 385 g/mol. The number of hydrogen-bond acceptors (Lipinski definition) is 4. The standard InChI is InChI=1S/C23H32N2O3/c1-5-27-22-15-20(23(26)25-18(4)8-6-7-17(2)3)9-10-21(22)28-16-19-11-13-24-14-12-19/h9-15,17-18H,5-8,16H2,1-4H3,(H,25,26). The summed E-state index contributed by atoms with van der Waals surface area (Å²) in [6.45, 7) is 9.32. The molecule has 0 saturated heterocycles. The van der Waals surface area contributed by atoms with Crippen molar-refractivity contribution < 1.29 is 14.3 Å². The zero-order valence-corrected chi connectivity index (χ0v) is 17.4. The number of amides is 1. The summed E-state index contributed by atoms with van der Waals surface area (Å²) in [5.41, 5.74) is 1.60. The number of nitrogens with one attached hydrogen (secondary N) is 1. The first kappa shape index (κ1) is 21.7. The number of rotatable bonds is 11. The van der Waals surface area contributed by atoms with Crippen LogP contribution in [-0.4, -0.2) is 23.5 Å². The molecule has 1 aromatic heterocycles.